The highest BCUT2D eigenvalue weighted by Crippen LogP contribution is 2.20. The lowest BCUT2D eigenvalue weighted by Gasteiger charge is -2.24. The fourth-order valence-corrected chi connectivity index (χ4v) is 4.09. The number of carbonyl (C=O) groups excluding carboxylic acids is 1. The molecule has 2 aromatic rings. The predicted octanol–water partition coefficient (Wildman–Crippen LogP) is 3.51. The Hall–Kier alpha value is -3.20. The first kappa shape index (κ1) is 29.0. The molecule has 4 N–H and O–H groups in total. The van der Waals surface area contributed by atoms with E-state index in [1.807, 2.05) is 49.0 Å². The summed E-state index contributed by atoms with van der Waals surface area (Å²) in [6.07, 6.45) is 5.23. The Morgan fingerprint density at radius 2 is 1.83 bits per heavy atom. The van der Waals surface area contributed by atoms with Crippen LogP contribution in [-0.2, 0) is 29.0 Å². The molecule has 0 unspecified atom stereocenters. The molecule has 0 aliphatic rings. The molecule has 0 spiro atoms. The fourth-order valence-electron chi connectivity index (χ4n) is 4.09. The number of aliphatic carboxylic acids is 1. The molecule has 9 heteroatoms. The van der Waals surface area contributed by atoms with Crippen LogP contribution in [-0.4, -0.2) is 70.5 Å². The number of nitrogens with zero attached hydrogens (tertiary/aromatic N) is 4. The van der Waals surface area contributed by atoms with Gasteiger partial charge in [-0.15, -0.1) is 0 Å². The Kier molecular flexibility index (Phi) is 12.1. The van der Waals surface area contributed by atoms with E-state index in [0.717, 1.165) is 66.9 Å². The molecule has 36 heavy (non-hydrogen) atoms. The summed E-state index contributed by atoms with van der Waals surface area (Å²) in [5, 5.41) is 12.5. The zero-order valence-electron chi connectivity index (χ0n) is 22.2. The van der Waals surface area contributed by atoms with Crippen molar-refractivity contribution in [1.29, 1.82) is 0 Å². The second-order valence-electron chi connectivity index (χ2n) is 9.49. The van der Waals surface area contributed by atoms with Crippen molar-refractivity contribution in [2.24, 2.45) is 0 Å². The SMILES string of the molecule is CCCCCNc1nc(N)nc(C)c1CCCN(Cc1cccc(CC(=O)O)c1)C(=O)CCN(C)C. The molecule has 1 heterocycles. The van der Waals surface area contributed by atoms with E-state index in [0.29, 0.717) is 26.1 Å². The van der Waals surface area contributed by atoms with Crippen molar-refractivity contribution in [3.05, 3.63) is 46.6 Å². The molecule has 1 aromatic heterocycles. The molecule has 0 atom stereocenters. The Balaban J connectivity index is 2.12. The summed E-state index contributed by atoms with van der Waals surface area (Å²) in [6, 6.07) is 7.46. The van der Waals surface area contributed by atoms with Gasteiger partial charge in [0.25, 0.3) is 0 Å². The van der Waals surface area contributed by atoms with Crippen molar-refractivity contribution in [3.8, 4) is 0 Å². The fraction of sp³-hybridized carbons (Fsp3) is 0.556. The topological polar surface area (TPSA) is 125 Å². The van der Waals surface area contributed by atoms with E-state index < -0.39 is 5.97 Å². The maximum Gasteiger partial charge on any atom is 0.307 e. The highest BCUT2D eigenvalue weighted by molar-refractivity contribution is 5.76. The van der Waals surface area contributed by atoms with Crippen LogP contribution in [0, 0.1) is 6.92 Å². The number of carboxylic acid groups (broad SMARTS) is 1. The van der Waals surface area contributed by atoms with E-state index in [2.05, 4.69) is 22.2 Å². The molecule has 0 radical (unpaired) electrons. The van der Waals surface area contributed by atoms with E-state index in [-0.39, 0.29) is 18.3 Å². The number of nitrogens with two attached hydrogens (primary N) is 1. The van der Waals surface area contributed by atoms with Gasteiger partial charge in [-0.2, -0.15) is 4.98 Å². The zero-order valence-corrected chi connectivity index (χ0v) is 22.2. The lowest BCUT2D eigenvalue weighted by Crippen LogP contribution is -2.34. The Morgan fingerprint density at radius 1 is 1.08 bits per heavy atom. The molecule has 2 rings (SSSR count). The van der Waals surface area contributed by atoms with Crippen LogP contribution in [0.1, 0.15) is 61.4 Å². The number of unbranched alkanes of at least 4 members (excludes halogenated alkanes) is 2. The number of nitrogen functional groups attached to an aromatic ring is 1. The normalized spacial score (nSPS) is 11.0. The van der Waals surface area contributed by atoms with Gasteiger partial charge in [0.2, 0.25) is 11.9 Å². The molecule has 0 aliphatic heterocycles. The van der Waals surface area contributed by atoms with Crippen LogP contribution in [0.2, 0.25) is 0 Å². The summed E-state index contributed by atoms with van der Waals surface area (Å²) in [6.45, 7) is 6.64. The lowest BCUT2D eigenvalue weighted by atomic mass is 10.1. The second-order valence-corrected chi connectivity index (χ2v) is 9.49. The van der Waals surface area contributed by atoms with Crippen LogP contribution in [0.5, 0.6) is 0 Å². The van der Waals surface area contributed by atoms with Crippen LogP contribution in [0.4, 0.5) is 11.8 Å². The Morgan fingerprint density at radius 3 is 2.53 bits per heavy atom. The van der Waals surface area contributed by atoms with Gasteiger partial charge in [0.1, 0.15) is 5.82 Å². The number of aromatic nitrogens is 2. The van der Waals surface area contributed by atoms with E-state index in [9.17, 15) is 9.59 Å². The second kappa shape index (κ2) is 15.0. The van der Waals surface area contributed by atoms with Crippen LogP contribution < -0.4 is 11.1 Å². The maximum atomic E-state index is 13.1. The summed E-state index contributed by atoms with van der Waals surface area (Å²) in [5.41, 5.74) is 9.45. The Labute approximate surface area is 215 Å². The highest BCUT2D eigenvalue weighted by atomic mass is 16.4. The average molecular weight is 499 g/mol. The minimum absolute atomic E-state index is 0.0349. The molecule has 0 fully saturated rings. The summed E-state index contributed by atoms with van der Waals surface area (Å²) in [5.74, 6) is 0.251. The molecule has 0 bridgehead atoms. The smallest absolute Gasteiger partial charge is 0.307 e. The van der Waals surface area contributed by atoms with Crippen LogP contribution in [0.15, 0.2) is 24.3 Å². The lowest BCUT2D eigenvalue weighted by molar-refractivity contribution is -0.136. The number of carboxylic acids is 1. The van der Waals surface area contributed by atoms with Gasteiger partial charge in [0.15, 0.2) is 0 Å². The predicted molar refractivity (Wildman–Crippen MR) is 144 cm³/mol. The number of aryl methyl sites for hydroxylation is 1. The van der Waals surface area contributed by atoms with Gasteiger partial charge in [-0.1, -0.05) is 44.0 Å². The zero-order chi connectivity index (χ0) is 26.5. The number of hydrogen-bond acceptors (Lipinski definition) is 7. The highest BCUT2D eigenvalue weighted by Gasteiger charge is 2.17. The number of amides is 1. The van der Waals surface area contributed by atoms with E-state index >= 15 is 0 Å². The van der Waals surface area contributed by atoms with Gasteiger partial charge in [-0.3, -0.25) is 9.59 Å². The average Bonchev–Trinajstić information content (AvgIpc) is 2.80. The number of benzene rings is 1. The number of rotatable bonds is 16. The van der Waals surface area contributed by atoms with Gasteiger partial charge in [-0.25, -0.2) is 4.98 Å². The van der Waals surface area contributed by atoms with Gasteiger partial charge in [0.05, 0.1) is 6.42 Å². The number of hydrogen-bond donors (Lipinski definition) is 3. The van der Waals surface area contributed by atoms with Crippen molar-refractivity contribution in [2.75, 3.05) is 44.8 Å². The first-order chi connectivity index (χ1) is 17.2. The summed E-state index contributed by atoms with van der Waals surface area (Å²) >= 11 is 0. The minimum Gasteiger partial charge on any atom is -0.481 e. The molecule has 0 aliphatic carbocycles. The van der Waals surface area contributed by atoms with Gasteiger partial charge < -0.3 is 26.0 Å². The standard InChI is InChI=1S/C27H42N6O3/c1-5-6-7-14-29-26-23(20(2)30-27(28)31-26)12-9-15-33(24(34)13-16-32(3)4)19-22-11-8-10-21(17-22)18-25(35)36/h8,10-11,17H,5-7,9,12-16,18-19H2,1-4H3,(H,35,36)(H3,28,29,30,31). The van der Waals surface area contributed by atoms with Gasteiger partial charge in [-0.05, 0) is 51.4 Å². The van der Waals surface area contributed by atoms with Crippen molar-refractivity contribution < 1.29 is 14.7 Å². The summed E-state index contributed by atoms with van der Waals surface area (Å²) < 4.78 is 0. The molecular formula is C27H42N6O3. The third-order valence-corrected chi connectivity index (χ3v) is 6.00. The first-order valence-electron chi connectivity index (χ1n) is 12.8. The molecular weight excluding hydrogens is 456 g/mol. The number of carbonyl (C=O) groups is 2. The first-order valence-corrected chi connectivity index (χ1v) is 12.8. The number of anilines is 2. The minimum atomic E-state index is -0.869. The quantitative estimate of drug-likeness (QED) is 0.300. The molecule has 198 valence electrons. The largest absolute Gasteiger partial charge is 0.481 e. The van der Waals surface area contributed by atoms with E-state index in [4.69, 9.17) is 10.8 Å². The van der Waals surface area contributed by atoms with E-state index in [1.54, 1.807) is 6.07 Å². The van der Waals surface area contributed by atoms with Crippen molar-refractivity contribution in [2.45, 2.75) is 65.3 Å². The van der Waals surface area contributed by atoms with Crippen molar-refractivity contribution >= 4 is 23.6 Å². The maximum absolute atomic E-state index is 13.1. The molecule has 1 amide bonds. The third kappa shape index (κ3) is 10.2. The van der Waals surface area contributed by atoms with Crippen LogP contribution in [0.3, 0.4) is 0 Å². The number of nitrogens with one attached hydrogen (secondary N) is 1. The third-order valence-electron chi connectivity index (χ3n) is 6.00. The molecule has 0 saturated carbocycles. The van der Waals surface area contributed by atoms with Crippen molar-refractivity contribution in [1.82, 2.24) is 19.8 Å². The van der Waals surface area contributed by atoms with Gasteiger partial charge in [0, 0.05) is 43.9 Å². The molecule has 9 nitrogen and oxygen atoms in total. The molecule has 0 saturated heterocycles. The monoisotopic (exact) mass is 498 g/mol. The van der Waals surface area contributed by atoms with Crippen LogP contribution >= 0.6 is 0 Å². The van der Waals surface area contributed by atoms with Crippen molar-refractivity contribution in [3.63, 3.8) is 0 Å². The van der Waals surface area contributed by atoms with E-state index in [1.165, 1.54) is 0 Å². The Bertz CT molecular complexity index is 995. The van der Waals surface area contributed by atoms with Crippen LogP contribution in [0.25, 0.3) is 0 Å². The summed E-state index contributed by atoms with van der Waals surface area (Å²) in [7, 11) is 3.90. The van der Waals surface area contributed by atoms with Gasteiger partial charge >= 0.3 is 5.97 Å². The molecule has 1 aromatic carbocycles. The summed E-state index contributed by atoms with van der Waals surface area (Å²) in [4.78, 5) is 36.9.